The van der Waals surface area contributed by atoms with E-state index in [0.29, 0.717) is 0 Å². The Morgan fingerprint density at radius 3 is 2.14 bits per heavy atom. The number of carbonyl (C=O) groups excluding carboxylic acids is 1. The summed E-state index contributed by atoms with van der Waals surface area (Å²) in [5, 5.41) is 9.40. The van der Waals surface area contributed by atoms with Crippen molar-refractivity contribution in [3.8, 4) is 0 Å². The first kappa shape index (κ1) is 10.0. The summed E-state index contributed by atoms with van der Waals surface area (Å²) in [4.78, 5) is 9.40. The SMILES string of the molecule is CC=CC(=O)[O-].[Ag+]. The van der Waals surface area contributed by atoms with Gasteiger partial charge in [-0.2, -0.15) is 0 Å². The van der Waals surface area contributed by atoms with E-state index in [1.165, 1.54) is 6.08 Å². The van der Waals surface area contributed by atoms with Crippen molar-refractivity contribution in [1.29, 1.82) is 0 Å². The average molecular weight is 193 g/mol. The summed E-state index contributed by atoms with van der Waals surface area (Å²) in [5.41, 5.74) is 0. The predicted molar refractivity (Wildman–Crippen MR) is 19.8 cm³/mol. The van der Waals surface area contributed by atoms with E-state index in [9.17, 15) is 9.90 Å². The molecule has 0 saturated heterocycles. The standard InChI is InChI=1S/C4H6O2.Ag/c1-2-3-4(5)6;/h2-3H,1H3,(H,5,6);/q;+1/p-1. The Morgan fingerprint density at radius 1 is 1.71 bits per heavy atom. The molecule has 0 radical (unpaired) electrons. The van der Waals surface area contributed by atoms with Gasteiger partial charge in [-0.3, -0.25) is 0 Å². The molecule has 0 bridgehead atoms. The van der Waals surface area contributed by atoms with Crippen molar-refractivity contribution in [1.82, 2.24) is 0 Å². The van der Waals surface area contributed by atoms with Crippen LogP contribution in [0.5, 0.6) is 0 Å². The summed E-state index contributed by atoms with van der Waals surface area (Å²) in [6.07, 6.45) is 2.38. The van der Waals surface area contributed by atoms with E-state index < -0.39 is 5.97 Å². The number of allylic oxidation sites excluding steroid dienone is 1. The van der Waals surface area contributed by atoms with E-state index in [4.69, 9.17) is 0 Å². The van der Waals surface area contributed by atoms with Crippen LogP contribution >= 0.6 is 0 Å². The number of carbonyl (C=O) groups is 1. The smallest absolute Gasteiger partial charge is 0.545 e. The van der Waals surface area contributed by atoms with Crippen LogP contribution in [-0.2, 0) is 27.2 Å². The second kappa shape index (κ2) is 5.95. The summed E-state index contributed by atoms with van der Waals surface area (Å²) < 4.78 is 0. The van der Waals surface area contributed by atoms with Crippen molar-refractivity contribution in [2.45, 2.75) is 6.92 Å². The third kappa shape index (κ3) is 10.7. The minimum atomic E-state index is -1.14. The van der Waals surface area contributed by atoms with Gasteiger partial charge in [-0.15, -0.1) is 0 Å². The van der Waals surface area contributed by atoms with Gasteiger partial charge in [0.05, 0.1) is 5.97 Å². The molecular weight excluding hydrogens is 188 g/mol. The average Bonchev–Trinajstić information content (AvgIpc) is 1.35. The quantitative estimate of drug-likeness (QED) is 0.408. The molecule has 0 aromatic carbocycles. The van der Waals surface area contributed by atoms with Crippen LogP contribution in [0.15, 0.2) is 12.2 Å². The normalized spacial score (nSPS) is 8.14. The second-order valence-electron chi connectivity index (χ2n) is 0.819. The third-order valence-electron chi connectivity index (χ3n) is 0.303. The van der Waals surface area contributed by atoms with Crippen LogP contribution in [-0.4, -0.2) is 5.97 Å². The minimum Gasteiger partial charge on any atom is -0.545 e. The molecule has 44 valence electrons. The topological polar surface area (TPSA) is 40.1 Å². The van der Waals surface area contributed by atoms with Gasteiger partial charge in [0.15, 0.2) is 0 Å². The first-order valence-corrected chi connectivity index (χ1v) is 1.61. The van der Waals surface area contributed by atoms with Gasteiger partial charge in [-0.25, -0.2) is 0 Å². The largest absolute Gasteiger partial charge is 1.00 e. The van der Waals surface area contributed by atoms with E-state index in [2.05, 4.69) is 0 Å². The molecule has 0 unspecified atom stereocenters. The van der Waals surface area contributed by atoms with E-state index in [0.717, 1.165) is 6.08 Å². The van der Waals surface area contributed by atoms with Crippen molar-refractivity contribution in [3.63, 3.8) is 0 Å². The number of rotatable bonds is 1. The monoisotopic (exact) mass is 192 g/mol. The van der Waals surface area contributed by atoms with Gasteiger partial charge in [0.25, 0.3) is 0 Å². The summed E-state index contributed by atoms with van der Waals surface area (Å²) >= 11 is 0. The molecular formula is C4H5AgO2. The Morgan fingerprint density at radius 2 is 2.14 bits per heavy atom. The van der Waals surface area contributed by atoms with Gasteiger partial charge in [0, 0.05) is 0 Å². The maximum absolute atomic E-state index is 9.40. The van der Waals surface area contributed by atoms with Crippen LogP contribution in [0, 0.1) is 0 Å². The molecule has 0 atom stereocenters. The Hall–Kier alpha value is -0.0497. The zero-order chi connectivity index (χ0) is 4.99. The van der Waals surface area contributed by atoms with E-state index >= 15 is 0 Å². The van der Waals surface area contributed by atoms with Crippen LogP contribution in [0.3, 0.4) is 0 Å². The van der Waals surface area contributed by atoms with Gasteiger partial charge in [-0.05, 0) is 13.0 Å². The van der Waals surface area contributed by atoms with E-state index in [1.54, 1.807) is 6.92 Å². The van der Waals surface area contributed by atoms with E-state index in [-0.39, 0.29) is 22.4 Å². The zero-order valence-corrected chi connectivity index (χ0v) is 5.25. The first-order valence-electron chi connectivity index (χ1n) is 1.61. The minimum absolute atomic E-state index is 0. The van der Waals surface area contributed by atoms with Crippen molar-refractivity contribution >= 4 is 5.97 Å². The number of hydrogen-bond donors (Lipinski definition) is 0. The molecule has 2 nitrogen and oxygen atoms in total. The van der Waals surface area contributed by atoms with Gasteiger partial charge >= 0.3 is 22.4 Å². The summed E-state index contributed by atoms with van der Waals surface area (Å²) in [6.45, 7) is 1.62. The van der Waals surface area contributed by atoms with Crippen LogP contribution < -0.4 is 5.11 Å². The molecule has 7 heavy (non-hydrogen) atoms. The fourth-order valence-corrected chi connectivity index (χ4v) is 0.136. The Bertz CT molecular complexity index is 77.8. The van der Waals surface area contributed by atoms with Gasteiger partial charge in [0.2, 0.25) is 0 Å². The number of carboxylic acids is 1. The fraction of sp³-hybridized carbons (Fsp3) is 0.250. The molecule has 0 aromatic rings. The molecule has 0 aliphatic carbocycles. The van der Waals surface area contributed by atoms with E-state index in [1.807, 2.05) is 0 Å². The second-order valence-corrected chi connectivity index (χ2v) is 0.819. The molecule has 0 N–H and O–H groups in total. The maximum atomic E-state index is 9.40. The molecule has 0 amide bonds. The maximum Gasteiger partial charge on any atom is 1.00 e. The summed E-state index contributed by atoms with van der Waals surface area (Å²) in [5.74, 6) is -1.14. The summed E-state index contributed by atoms with van der Waals surface area (Å²) in [6, 6.07) is 0. The van der Waals surface area contributed by atoms with Crippen LogP contribution in [0.25, 0.3) is 0 Å². The van der Waals surface area contributed by atoms with Gasteiger partial charge < -0.3 is 9.90 Å². The third-order valence-corrected chi connectivity index (χ3v) is 0.303. The van der Waals surface area contributed by atoms with Crippen LogP contribution in [0.2, 0.25) is 0 Å². The number of carboxylic acid groups (broad SMARTS) is 1. The molecule has 0 heterocycles. The van der Waals surface area contributed by atoms with Crippen LogP contribution in [0.4, 0.5) is 0 Å². The van der Waals surface area contributed by atoms with Gasteiger partial charge in [-0.1, -0.05) is 6.08 Å². The zero-order valence-electron chi connectivity index (χ0n) is 3.77. The molecule has 0 saturated carbocycles. The number of hydrogen-bond acceptors (Lipinski definition) is 2. The van der Waals surface area contributed by atoms with Gasteiger partial charge in [0.1, 0.15) is 0 Å². The molecule has 0 rings (SSSR count). The molecule has 3 heteroatoms. The molecule has 0 aliphatic heterocycles. The van der Waals surface area contributed by atoms with Crippen molar-refractivity contribution in [3.05, 3.63) is 12.2 Å². The summed E-state index contributed by atoms with van der Waals surface area (Å²) in [7, 11) is 0. The predicted octanol–water partition coefficient (Wildman–Crippen LogP) is -0.690. The first-order chi connectivity index (χ1) is 2.77. The Kier molecular flexibility index (Phi) is 8.54. The van der Waals surface area contributed by atoms with Crippen molar-refractivity contribution in [2.24, 2.45) is 0 Å². The molecule has 0 aliphatic rings. The molecule has 0 spiro atoms. The Labute approximate surface area is 57.7 Å². The van der Waals surface area contributed by atoms with Crippen molar-refractivity contribution < 1.29 is 32.3 Å². The van der Waals surface area contributed by atoms with Crippen LogP contribution in [0.1, 0.15) is 6.92 Å². The Balaban J connectivity index is 0. The van der Waals surface area contributed by atoms with Crippen molar-refractivity contribution in [2.75, 3.05) is 0 Å². The number of aliphatic carboxylic acids is 1. The molecule has 0 fully saturated rings. The molecule has 0 aromatic heterocycles. The fourth-order valence-electron chi connectivity index (χ4n) is 0.136.